The van der Waals surface area contributed by atoms with Crippen molar-refractivity contribution in [1.29, 1.82) is 0 Å². The van der Waals surface area contributed by atoms with Gasteiger partial charge in [-0.3, -0.25) is 14.0 Å². The Kier molecular flexibility index (Phi) is 6.24. The molecule has 1 amide bonds. The van der Waals surface area contributed by atoms with Crippen LogP contribution in [0.3, 0.4) is 0 Å². The summed E-state index contributed by atoms with van der Waals surface area (Å²) >= 11 is 3.22. The highest BCUT2D eigenvalue weighted by molar-refractivity contribution is 7.98. The molecule has 0 aliphatic rings. The smallest absolute Gasteiger partial charge is 0.267 e. The molecule has 8 nitrogen and oxygen atoms in total. The number of pyridine rings is 1. The van der Waals surface area contributed by atoms with Gasteiger partial charge >= 0.3 is 0 Å². The van der Waals surface area contributed by atoms with Crippen LogP contribution in [-0.4, -0.2) is 42.3 Å². The molecular formula is C20H20N6O2S2. The van der Waals surface area contributed by atoms with E-state index in [9.17, 15) is 9.59 Å². The number of aromatic nitrogens is 5. The first kappa shape index (κ1) is 20.3. The molecule has 30 heavy (non-hydrogen) atoms. The highest BCUT2D eigenvalue weighted by Gasteiger charge is 2.21. The molecule has 1 atom stereocenters. The van der Waals surface area contributed by atoms with Gasteiger partial charge in [0.05, 0.1) is 10.9 Å². The van der Waals surface area contributed by atoms with E-state index < -0.39 is 0 Å². The van der Waals surface area contributed by atoms with Crippen molar-refractivity contribution in [2.24, 2.45) is 0 Å². The van der Waals surface area contributed by atoms with Crippen molar-refractivity contribution in [1.82, 2.24) is 29.7 Å². The van der Waals surface area contributed by atoms with Crippen LogP contribution in [-0.2, 0) is 11.3 Å². The molecule has 10 heteroatoms. The summed E-state index contributed by atoms with van der Waals surface area (Å²) in [5.41, 5.74) is 1.07. The van der Waals surface area contributed by atoms with Gasteiger partial charge in [-0.2, -0.15) is 16.9 Å². The van der Waals surface area contributed by atoms with Crippen LogP contribution in [0.1, 0.15) is 18.3 Å². The average molecular weight is 441 g/mol. The molecule has 0 saturated heterocycles. The molecule has 0 fully saturated rings. The van der Waals surface area contributed by atoms with Crippen LogP contribution >= 0.6 is 23.1 Å². The number of nitrogens with zero attached hydrogens (tertiary/aromatic N) is 5. The van der Waals surface area contributed by atoms with Crippen molar-refractivity contribution in [2.45, 2.75) is 19.0 Å². The number of carbonyl (C=O) groups is 1. The van der Waals surface area contributed by atoms with E-state index in [1.165, 1.54) is 22.1 Å². The molecular weight excluding hydrogens is 420 g/mol. The predicted molar refractivity (Wildman–Crippen MR) is 119 cm³/mol. The van der Waals surface area contributed by atoms with Crippen LogP contribution in [0.5, 0.6) is 0 Å². The normalized spacial score (nSPS) is 12.2. The van der Waals surface area contributed by atoms with Crippen molar-refractivity contribution in [3.8, 4) is 10.6 Å². The molecule has 154 valence electrons. The maximum atomic E-state index is 12.8. The maximum absolute atomic E-state index is 12.8. The molecule has 4 aromatic rings. The van der Waals surface area contributed by atoms with Gasteiger partial charge in [-0.1, -0.05) is 12.1 Å². The minimum absolute atomic E-state index is 0.162. The van der Waals surface area contributed by atoms with Gasteiger partial charge in [-0.05, 0) is 48.1 Å². The van der Waals surface area contributed by atoms with E-state index in [-0.39, 0.29) is 24.1 Å². The summed E-state index contributed by atoms with van der Waals surface area (Å²) in [6.45, 7) is -0.162. The molecule has 0 spiro atoms. The van der Waals surface area contributed by atoms with Crippen LogP contribution in [0.15, 0.2) is 58.8 Å². The topological polar surface area (TPSA) is 94.2 Å². The quantitative estimate of drug-likeness (QED) is 0.453. The first-order valence-corrected chi connectivity index (χ1v) is 11.6. The lowest BCUT2D eigenvalue weighted by Crippen LogP contribution is -2.36. The number of fused-ring (bicyclic) bond motifs is 1. The Bertz CT molecular complexity index is 1200. The van der Waals surface area contributed by atoms with E-state index in [4.69, 9.17) is 0 Å². The van der Waals surface area contributed by atoms with Gasteiger partial charge in [-0.25, -0.2) is 4.68 Å². The molecule has 0 aliphatic heterocycles. The highest BCUT2D eigenvalue weighted by atomic mass is 32.2. The largest absolute Gasteiger partial charge is 0.344 e. The number of hydrogen-bond acceptors (Lipinski definition) is 7. The predicted octanol–water partition coefficient (Wildman–Crippen LogP) is 2.63. The lowest BCUT2D eigenvalue weighted by atomic mass is 10.2. The molecule has 0 saturated carbocycles. The van der Waals surface area contributed by atoms with E-state index in [0.717, 1.165) is 16.3 Å². The van der Waals surface area contributed by atoms with Gasteiger partial charge in [0.25, 0.3) is 5.56 Å². The summed E-state index contributed by atoms with van der Waals surface area (Å²) in [6, 6.07) is 12.3. The lowest BCUT2D eigenvalue weighted by molar-refractivity contribution is -0.122. The van der Waals surface area contributed by atoms with Gasteiger partial charge in [0.15, 0.2) is 11.5 Å². The highest BCUT2D eigenvalue weighted by Crippen LogP contribution is 2.21. The zero-order valence-electron chi connectivity index (χ0n) is 16.3. The summed E-state index contributed by atoms with van der Waals surface area (Å²) < 4.78 is 3.06. The van der Waals surface area contributed by atoms with Crippen LogP contribution in [0.25, 0.3) is 16.2 Å². The second-order valence-electron chi connectivity index (χ2n) is 6.58. The van der Waals surface area contributed by atoms with Crippen LogP contribution < -0.4 is 10.9 Å². The second kappa shape index (κ2) is 9.23. The third-order valence-corrected chi connectivity index (χ3v) is 6.07. The summed E-state index contributed by atoms with van der Waals surface area (Å²) in [6.07, 6.45) is 4.58. The Morgan fingerprint density at radius 3 is 2.90 bits per heavy atom. The molecule has 4 rings (SSSR count). The fourth-order valence-electron chi connectivity index (χ4n) is 3.09. The van der Waals surface area contributed by atoms with Gasteiger partial charge < -0.3 is 5.32 Å². The van der Waals surface area contributed by atoms with Crippen molar-refractivity contribution in [3.05, 3.63) is 70.2 Å². The van der Waals surface area contributed by atoms with Gasteiger partial charge in [0, 0.05) is 12.3 Å². The van der Waals surface area contributed by atoms with E-state index >= 15 is 0 Å². The van der Waals surface area contributed by atoms with Crippen molar-refractivity contribution in [3.63, 3.8) is 0 Å². The Morgan fingerprint density at radius 1 is 1.20 bits per heavy atom. The zero-order valence-corrected chi connectivity index (χ0v) is 17.9. The summed E-state index contributed by atoms with van der Waals surface area (Å²) in [5, 5.41) is 17.8. The summed E-state index contributed by atoms with van der Waals surface area (Å²) in [5.74, 6) is 1.21. The number of rotatable bonds is 8. The minimum Gasteiger partial charge on any atom is -0.344 e. The summed E-state index contributed by atoms with van der Waals surface area (Å²) in [7, 11) is 0. The monoisotopic (exact) mass is 440 g/mol. The van der Waals surface area contributed by atoms with Crippen molar-refractivity contribution < 1.29 is 4.79 Å². The molecule has 4 aromatic heterocycles. The van der Waals surface area contributed by atoms with E-state index in [1.807, 2.05) is 52.6 Å². The average Bonchev–Trinajstić information content (AvgIpc) is 3.43. The Balaban J connectivity index is 1.55. The van der Waals surface area contributed by atoms with E-state index in [1.54, 1.807) is 17.8 Å². The van der Waals surface area contributed by atoms with Crippen molar-refractivity contribution in [2.75, 3.05) is 12.0 Å². The number of hydrogen-bond donors (Lipinski definition) is 1. The molecule has 0 aromatic carbocycles. The number of thioether (sulfide) groups is 1. The first-order valence-electron chi connectivity index (χ1n) is 9.35. The number of carbonyl (C=O) groups excluding carboxylic acids is 1. The maximum Gasteiger partial charge on any atom is 0.267 e. The fourth-order valence-corrected chi connectivity index (χ4v) is 4.25. The van der Waals surface area contributed by atoms with Gasteiger partial charge in [0.2, 0.25) is 5.91 Å². The Morgan fingerprint density at radius 2 is 2.10 bits per heavy atom. The van der Waals surface area contributed by atoms with Crippen LogP contribution in [0, 0.1) is 0 Å². The number of thiophene rings is 1. The number of nitrogens with one attached hydrogen (secondary N) is 1. The van der Waals surface area contributed by atoms with Crippen molar-refractivity contribution >= 4 is 34.7 Å². The van der Waals surface area contributed by atoms with Crippen LogP contribution in [0.2, 0.25) is 0 Å². The SMILES string of the molecule is CSCC[C@@H](NC(=O)Cn1nc(-c2cccs2)ccc1=O)c1nnc2ccccn12. The molecule has 0 aliphatic carbocycles. The lowest BCUT2D eigenvalue weighted by Gasteiger charge is -2.17. The van der Waals surface area contributed by atoms with E-state index in [2.05, 4.69) is 20.6 Å². The minimum atomic E-state index is -0.321. The Hall–Kier alpha value is -2.98. The van der Waals surface area contributed by atoms with E-state index in [0.29, 0.717) is 17.9 Å². The zero-order chi connectivity index (χ0) is 20.9. The molecule has 0 radical (unpaired) electrons. The second-order valence-corrected chi connectivity index (χ2v) is 8.51. The molecule has 4 heterocycles. The third-order valence-electron chi connectivity index (χ3n) is 4.53. The first-order chi connectivity index (χ1) is 14.7. The summed E-state index contributed by atoms with van der Waals surface area (Å²) in [4.78, 5) is 26.0. The van der Waals surface area contributed by atoms with Gasteiger partial charge in [0.1, 0.15) is 12.2 Å². The molecule has 0 unspecified atom stereocenters. The third kappa shape index (κ3) is 4.44. The standard InChI is InChI=1S/C20H20N6O2S2/c1-29-12-9-15(20-23-22-17-6-2-3-10-25(17)20)21-18(27)13-26-19(28)8-7-14(24-26)16-5-4-11-30-16/h2-8,10-11,15H,9,12-13H2,1H3,(H,21,27)/t15-/m1/s1. The Labute approximate surface area is 181 Å². The van der Waals surface area contributed by atoms with Crippen LogP contribution in [0.4, 0.5) is 0 Å². The molecule has 1 N–H and O–H groups in total. The molecule has 0 bridgehead atoms. The number of amides is 1. The van der Waals surface area contributed by atoms with Gasteiger partial charge in [-0.15, -0.1) is 21.5 Å². The fraction of sp³-hybridized carbons (Fsp3) is 0.250.